The average Bonchev–Trinajstić information content (AvgIpc) is 3.10. The highest BCUT2D eigenvalue weighted by molar-refractivity contribution is 5.55. The molecule has 2 N–H and O–H groups in total. The molecule has 0 atom stereocenters. The van der Waals surface area contributed by atoms with Gasteiger partial charge in [0.2, 0.25) is 0 Å². The third kappa shape index (κ3) is 7.31. The molecule has 0 bridgehead atoms. The molecule has 0 spiro atoms. The normalized spacial score (nSPS) is 21.7. The van der Waals surface area contributed by atoms with Gasteiger partial charge in [-0.15, -0.1) is 0 Å². The fourth-order valence-electron chi connectivity index (χ4n) is 10.1. The van der Waals surface area contributed by atoms with Crippen LogP contribution >= 0.6 is 0 Å². The zero-order valence-corrected chi connectivity index (χ0v) is 29.0. The topological polar surface area (TPSA) is 40.5 Å². The number of hydrogen-bond donors (Lipinski definition) is 2. The predicted molar refractivity (Wildman–Crippen MR) is 190 cm³/mol. The lowest BCUT2D eigenvalue weighted by Crippen LogP contribution is -2.26. The number of phenols is 2. The Hall–Kier alpha value is -1.96. The van der Waals surface area contributed by atoms with E-state index in [1.807, 2.05) is 0 Å². The maximum Gasteiger partial charge on any atom is 0.122 e. The minimum Gasteiger partial charge on any atom is -0.507 e. The smallest absolute Gasteiger partial charge is 0.122 e. The van der Waals surface area contributed by atoms with Crippen molar-refractivity contribution in [3.63, 3.8) is 0 Å². The van der Waals surface area contributed by atoms with E-state index < -0.39 is 0 Å². The van der Waals surface area contributed by atoms with Crippen molar-refractivity contribution in [3.8, 4) is 11.5 Å². The molecule has 4 fully saturated rings. The van der Waals surface area contributed by atoms with E-state index in [1.54, 1.807) is 0 Å². The van der Waals surface area contributed by atoms with Crippen molar-refractivity contribution in [1.29, 1.82) is 0 Å². The van der Waals surface area contributed by atoms with Crippen LogP contribution in [0.4, 0.5) is 0 Å². The Morgan fingerprint density at radius 2 is 0.778 bits per heavy atom. The Morgan fingerprint density at radius 3 is 1.04 bits per heavy atom. The van der Waals surface area contributed by atoms with Gasteiger partial charge < -0.3 is 10.2 Å². The Labute approximate surface area is 275 Å². The van der Waals surface area contributed by atoms with Gasteiger partial charge in [-0.1, -0.05) is 134 Å². The molecule has 2 nitrogen and oxygen atoms in total. The molecule has 4 aliphatic rings. The summed E-state index contributed by atoms with van der Waals surface area (Å²) in [6.45, 7) is 4.86. The first-order valence-corrected chi connectivity index (χ1v) is 19.7. The van der Waals surface area contributed by atoms with Crippen molar-refractivity contribution >= 4 is 0 Å². The fraction of sp³-hybridized carbons (Fsp3) is 0.721. The van der Waals surface area contributed by atoms with Crippen LogP contribution < -0.4 is 0 Å². The number of benzene rings is 2. The summed E-state index contributed by atoms with van der Waals surface area (Å²) in [5.74, 6) is 3.22. The summed E-state index contributed by atoms with van der Waals surface area (Å²) in [6, 6.07) is 9.93. The molecule has 2 aromatic rings. The molecule has 0 saturated heterocycles. The number of rotatable bonds is 10. The van der Waals surface area contributed by atoms with Crippen LogP contribution in [0.3, 0.4) is 0 Å². The molecule has 0 radical (unpaired) electrons. The Bertz CT molecular complexity index is 1070. The molecule has 0 heterocycles. The fourth-order valence-corrected chi connectivity index (χ4v) is 10.1. The Morgan fingerprint density at radius 1 is 0.489 bits per heavy atom. The van der Waals surface area contributed by atoms with E-state index in [9.17, 15) is 10.2 Å². The molecule has 2 aromatic carbocycles. The van der Waals surface area contributed by atoms with Crippen LogP contribution in [0.15, 0.2) is 24.3 Å². The van der Waals surface area contributed by atoms with Gasteiger partial charge in [0.05, 0.1) is 0 Å². The molecule has 45 heavy (non-hydrogen) atoms. The SMILES string of the molecule is CCCCCC(C)(c1cc(C2CCCCC2)c(O)c(C2CCCCC2)c1)c1cc(C2CCCCC2)c(O)c(C2CCCCC2)c1. The van der Waals surface area contributed by atoms with Gasteiger partial charge in [-0.05, 0) is 115 Å². The quantitative estimate of drug-likeness (QED) is 0.262. The third-order valence-corrected chi connectivity index (χ3v) is 13.1. The number of unbranched alkanes of at least 4 members (excludes halogenated alkanes) is 2. The van der Waals surface area contributed by atoms with Crippen molar-refractivity contribution in [2.45, 2.75) is 197 Å². The van der Waals surface area contributed by atoms with Gasteiger partial charge in [0.1, 0.15) is 11.5 Å². The van der Waals surface area contributed by atoms with E-state index in [2.05, 4.69) is 38.1 Å². The van der Waals surface area contributed by atoms with Crippen LogP contribution in [0, 0.1) is 0 Å². The van der Waals surface area contributed by atoms with E-state index in [1.165, 1.54) is 181 Å². The lowest BCUT2D eigenvalue weighted by Gasteiger charge is -2.37. The Kier molecular flexibility index (Phi) is 11.2. The summed E-state index contributed by atoms with van der Waals surface area (Å²) in [6.07, 6.45) is 30.1. The first-order chi connectivity index (χ1) is 22.0. The van der Waals surface area contributed by atoms with Crippen molar-refractivity contribution < 1.29 is 10.2 Å². The highest BCUT2D eigenvalue weighted by Gasteiger charge is 2.36. The van der Waals surface area contributed by atoms with Gasteiger partial charge in [-0.25, -0.2) is 0 Å². The number of hydrogen-bond acceptors (Lipinski definition) is 2. The van der Waals surface area contributed by atoms with E-state index in [-0.39, 0.29) is 5.41 Å². The van der Waals surface area contributed by atoms with Gasteiger partial charge >= 0.3 is 0 Å². The number of aromatic hydroxyl groups is 2. The molecule has 2 heteroatoms. The van der Waals surface area contributed by atoms with Crippen LogP contribution in [-0.2, 0) is 5.41 Å². The second-order valence-corrected chi connectivity index (χ2v) is 16.1. The molecule has 0 aliphatic heterocycles. The van der Waals surface area contributed by atoms with Crippen molar-refractivity contribution in [2.24, 2.45) is 0 Å². The molecule has 4 saturated carbocycles. The predicted octanol–water partition coefficient (Wildman–Crippen LogP) is 13.2. The van der Waals surface area contributed by atoms with E-state index >= 15 is 0 Å². The first kappa shape index (κ1) is 33.0. The van der Waals surface area contributed by atoms with Gasteiger partial charge in [0.25, 0.3) is 0 Å². The highest BCUT2D eigenvalue weighted by atomic mass is 16.3. The molecule has 4 aliphatic carbocycles. The first-order valence-electron chi connectivity index (χ1n) is 19.7. The van der Waals surface area contributed by atoms with E-state index in [0.29, 0.717) is 35.2 Å². The molecule has 6 rings (SSSR count). The maximum absolute atomic E-state index is 12.0. The summed E-state index contributed by atoms with van der Waals surface area (Å²) in [7, 11) is 0. The summed E-state index contributed by atoms with van der Waals surface area (Å²) < 4.78 is 0. The molecule has 0 amide bonds. The summed E-state index contributed by atoms with van der Waals surface area (Å²) >= 11 is 0. The molecular weight excluding hydrogens is 548 g/mol. The second-order valence-electron chi connectivity index (χ2n) is 16.1. The third-order valence-electron chi connectivity index (χ3n) is 13.1. The minimum absolute atomic E-state index is 0.143. The zero-order valence-electron chi connectivity index (χ0n) is 29.0. The summed E-state index contributed by atoms with van der Waals surface area (Å²) in [4.78, 5) is 0. The van der Waals surface area contributed by atoms with Crippen LogP contribution in [0.25, 0.3) is 0 Å². The number of phenolic OH excluding ortho intramolecular Hbond substituents is 2. The van der Waals surface area contributed by atoms with Crippen LogP contribution in [0.2, 0.25) is 0 Å². The monoisotopic (exact) mass is 612 g/mol. The molecule has 0 unspecified atom stereocenters. The minimum atomic E-state index is -0.143. The van der Waals surface area contributed by atoms with Crippen LogP contribution in [-0.4, -0.2) is 10.2 Å². The van der Waals surface area contributed by atoms with Crippen molar-refractivity contribution in [1.82, 2.24) is 0 Å². The highest BCUT2D eigenvalue weighted by Crippen LogP contribution is 2.51. The van der Waals surface area contributed by atoms with Gasteiger partial charge in [-0.3, -0.25) is 0 Å². The molecule has 0 aromatic heterocycles. The molecule has 248 valence electrons. The molecular formula is C43H64O2. The summed E-state index contributed by atoms with van der Waals surface area (Å²) in [5.41, 5.74) is 7.76. The van der Waals surface area contributed by atoms with E-state index in [0.717, 1.165) is 6.42 Å². The second kappa shape index (κ2) is 15.3. The lowest BCUT2D eigenvalue weighted by atomic mass is 9.67. The zero-order chi connectivity index (χ0) is 31.2. The van der Waals surface area contributed by atoms with Crippen LogP contribution in [0.5, 0.6) is 11.5 Å². The van der Waals surface area contributed by atoms with Crippen LogP contribution in [0.1, 0.15) is 225 Å². The summed E-state index contributed by atoms with van der Waals surface area (Å²) in [5, 5.41) is 24.0. The van der Waals surface area contributed by atoms with E-state index in [4.69, 9.17) is 0 Å². The van der Waals surface area contributed by atoms with Gasteiger partial charge in [0, 0.05) is 5.41 Å². The van der Waals surface area contributed by atoms with Gasteiger partial charge in [-0.2, -0.15) is 0 Å². The lowest BCUT2D eigenvalue weighted by molar-refractivity contribution is 0.387. The van der Waals surface area contributed by atoms with Gasteiger partial charge in [0.15, 0.2) is 0 Å². The average molecular weight is 613 g/mol. The largest absolute Gasteiger partial charge is 0.507 e. The van der Waals surface area contributed by atoms with Crippen molar-refractivity contribution in [2.75, 3.05) is 0 Å². The standard InChI is InChI=1S/C43H64O2/c1-3-4-17-26-43(2,35-27-37(31-18-9-5-10-19-31)41(44)38(28-35)32-20-11-6-12-21-32)36-29-39(33-22-13-7-14-23-33)42(45)40(30-36)34-24-15-8-16-25-34/h27-34,44-45H,3-26H2,1-2H3. The Balaban J connectivity index is 1.52. The van der Waals surface area contributed by atoms with Crippen molar-refractivity contribution in [3.05, 3.63) is 57.6 Å². The maximum atomic E-state index is 12.0.